The van der Waals surface area contributed by atoms with Gasteiger partial charge in [-0.3, -0.25) is 23.7 Å². The molecule has 1 aliphatic rings. The molecule has 1 atom stereocenters. The van der Waals surface area contributed by atoms with Crippen molar-refractivity contribution in [2.75, 3.05) is 14.1 Å². The second-order valence-electron chi connectivity index (χ2n) is 7.44. The summed E-state index contributed by atoms with van der Waals surface area (Å²) in [7, 11) is 2.75. The maximum atomic E-state index is 13.1. The molecule has 11 heteroatoms. The first-order valence-corrected chi connectivity index (χ1v) is 10.1. The van der Waals surface area contributed by atoms with Crippen LogP contribution in [0.5, 0.6) is 5.75 Å². The highest BCUT2D eigenvalue weighted by Gasteiger charge is 2.33. The Morgan fingerprint density at radius 2 is 1.94 bits per heavy atom. The number of carbonyl (C=O) groups excluding carboxylic acids is 3. The molecule has 0 saturated carbocycles. The molecular weight excluding hydrogens is 421 g/mol. The highest BCUT2D eigenvalue weighted by atomic mass is 19.1. The largest absolute Gasteiger partial charge is 0.501 e. The minimum Gasteiger partial charge on any atom is -0.501 e. The molecule has 1 aromatic heterocycles. The van der Waals surface area contributed by atoms with Crippen LogP contribution in [0.3, 0.4) is 0 Å². The van der Waals surface area contributed by atoms with Gasteiger partial charge in [0.2, 0.25) is 5.75 Å². The Balaban J connectivity index is 1.94. The smallest absolute Gasteiger partial charge is 0.312 e. The molecule has 0 aliphatic carbocycles. The van der Waals surface area contributed by atoms with Crippen molar-refractivity contribution in [2.45, 2.75) is 38.4 Å². The van der Waals surface area contributed by atoms with Crippen LogP contribution < -0.4 is 16.2 Å². The van der Waals surface area contributed by atoms with Gasteiger partial charge in [0.25, 0.3) is 11.5 Å². The summed E-state index contributed by atoms with van der Waals surface area (Å²) in [4.78, 5) is 55.1. The standard InChI is InChI=1S/C21H24FN5O5/c1-23-19(30)21(32)26(2)14-5-3-4-10-27-17(14)25-15(16(28)20(27)31)18(29)24-11-12-6-8-13(22)9-7-12/h6-9,14,28H,3-5,10-11H2,1-2H3,(H,23,30)(H,24,29). The number of amides is 3. The molecule has 3 rings (SSSR count). The molecule has 170 valence electrons. The van der Waals surface area contributed by atoms with E-state index >= 15 is 0 Å². The number of aromatic hydroxyl groups is 1. The molecule has 0 bridgehead atoms. The van der Waals surface area contributed by atoms with E-state index in [0.717, 1.165) is 0 Å². The molecule has 0 fully saturated rings. The van der Waals surface area contributed by atoms with Crippen LogP contribution >= 0.6 is 0 Å². The first kappa shape index (κ1) is 22.9. The van der Waals surface area contributed by atoms with Crippen LogP contribution in [-0.2, 0) is 22.7 Å². The SMILES string of the molecule is CNC(=O)C(=O)N(C)C1CCCCn2c1nc(C(=O)NCc1ccc(F)cc1)c(O)c2=O. The van der Waals surface area contributed by atoms with Gasteiger partial charge in [-0.15, -0.1) is 0 Å². The summed E-state index contributed by atoms with van der Waals surface area (Å²) in [5.41, 5.74) is -0.662. The summed E-state index contributed by atoms with van der Waals surface area (Å²) in [6.07, 6.45) is 1.67. The second-order valence-corrected chi connectivity index (χ2v) is 7.44. The lowest BCUT2D eigenvalue weighted by atomic mass is 10.1. The van der Waals surface area contributed by atoms with Crippen LogP contribution in [0.1, 0.15) is 47.2 Å². The lowest BCUT2D eigenvalue weighted by Crippen LogP contribution is -2.43. The van der Waals surface area contributed by atoms with Crippen molar-refractivity contribution in [1.82, 2.24) is 25.1 Å². The zero-order valence-corrected chi connectivity index (χ0v) is 17.7. The minimum absolute atomic E-state index is 0.0249. The highest BCUT2D eigenvalue weighted by Crippen LogP contribution is 2.28. The monoisotopic (exact) mass is 445 g/mol. The molecular formula is C21H24FN5O5. The van der Waals surface area contributed by atoms with E-state index < -0.39 is 46.6 Å². The molecule has 10 nitrogen and oxygen atoms in total. The van der Waals surface area contributed by atoms with Gasteiger partial charge in [-0.2, -0.15) is 0 Å². The van der Waals surface area contributed by atoms with Crippen LogP contribution in [0.15, 0.2) is 29.1 Å². The molecule has 32 heavy (non-hydrogen) atoms. The van der Waals surface area contributed by atoms with Gasteiger partial charge in [-0.25, -0.2) is 9.37 Å². The molecule has 1 aromatic carbocycles. The zero-order chi connectivity index (χ0) is 23.4. The van der Waals surface area contributed by atoms with Crippen LogP contribution in [0.25, 0.3) is 0 Å². The lowest BCUT2D eigenvalue weighted by Gasteiger charge is -2.27. The average molecular weight is 445 g/mol. The highest BCUT2D eigenvalue weighted by molar-refractivity contribution is 6.34. The minimum atomic E-state index is -0.818. The van der Waals surface area contributed by atoms with Crippen LogP contribution in [0.4, 0.5) is 4.39 Å². The van der Waals surface area contributed by atoms with Gasteiger partial charge in [0.15, 0.2) is 5.69 Å². The van der Waals surface area contributed by atoms with E-state index in [1.54, 1.807) is 0 Å². The topological polar surface area (TPSA) is 134 Å². The Morgan fingerprint density at radius 3 is 2.59 bits per heavy atom. The van der Waals surface area contributed by atoms with Gasteiger partial charge in [0, 0.05) is 27.2 Å². The van der Waals surface area contributed by atoms with Gasteiger partial charge in [0.1, 0.15) is 11.6 Å². The van der Waals surface area contributed by atoms with Gasteiger partial charge in [0.05, 0.1) is 6.04 Å². The van der Waals surface area contributed by atoms with Crippen LogP contribution in [0.2, 0.25) is 0 Å². The number of carbonyl (C=O) groups is 3. The van der Waals surface area contributed by atoms with E-state index in [2.05, 4.69) is 15.6 Å². The summed E-state index contributed by atoms with van der Waals surface area (Å²) < 4.78 is 14.3. The van der Waals surface area contributed by atoms with Crippen molar-refractivity contribution in [1.29, 1.82) is 0 Å². The van der Waals surface area contributed by atoms with Crippen LogP contribution in [0, 0.1) is 5.82 Å². The molecule has 0 radical (unpaired) electrons. The van der Waals surface area contributed by atoms with Crippen molar-refractivity contribution in [3.8, 4) is 5.75 Å². The number of benzene rings is 1. The third-order valence-corrected chi connectivity index (χ3v) is 5.37. The summed E-state index contributed by atoms with van der Waals surface area (Å²) in [5, 5.41) is 15.2. The molecule has 1 unspecified atom stereocenters. The first-order valence-electron chi connectivity index (χ1n) is 10.1. The lowest BCUT2D eigenvalue weighted by molar-refractivity contribution is -0.146. The molecule has 2 heterocycles. The zero-order valence-electron chi connectivity index (χ0n) is 17.7. The van der Waals surface area contributed by atoms with E-state index in [1.165, 1.54) is 47.8 Å². The Bertz CT molecular complexity index is 1100. The second kappa shape index (κ2) is 9.58. The Kier molecular flexibility index (Phi) is 6.86. The molecule has 0 saturated heterocycles. The van der Waals surface area contributed by atoms with Gasteiger partial charge >= 0.3 is 11.8 Å². The normalized spacial score (nSPS) is 15.3. The quantitative estimate of drug-likeness (QED) is 0.585. The number of aromatic nitrogens is 2. The number of halogens is 1. The first-order chi connectivity index (χ1) is 15.2. The Morgan fingerprint density at radius 1 is 1.25 bits per heavy atom. The van der Waals surface area contributed by atoms with E-state index in [9.17, 15) is 28.7 Å². The van der Waals surface area contributed by atoms with Crippen molar-refractivity contribution in [2.24, 2.45) is 0 Å². The fraction of sp³-hybridized carbons (Fsp3) is 0.381. The van der Waals surface area contributed by atoms with Crippen LogP contribution in [-0.4, -0.2) is 51.4 Å². The van der Waals surface area contributed by atoms with Gasteiger partial charge in [-0.05, 0) is 37.0 Å². The van der Waals surface area contributed by atoms with E-state index in [-0.39, 0.29) is 18.9 Å². The molecule has 2 aromatic rings. The van der Waals surface area contributed by atoms with Crippen molar-refractivity contribution in [3.05, 3.63) is 57.5 Å². The number of likely N-dealkylation sites (N-methyl/N-ethyl adjacent to an activating group) is 2. The summed E-state index contributed by atoms with van der Waals surface area (Å²) in [6.45, 7) is 0.280. The summed E-state index contributed by atoms with van der Waals surface area (Å²) in [6, 6.07) is 4.74. The molecule has 0 spiro atoms. The summed E-state index contributed by atoms with van der Waals surface area (Å²) >= 11 is 0. The average Bonchev–Trinajstić information content (AvgIpc) is 3.01. The van der Waals surface area contributed by atoms with Gasteiger partial charge in [-0.1, -0.05) is 12.1 Å². The predicted molar refractivity (Wildman–Crippen MR) is 111 cm³/mol. The Labute approximate surface area is 183 Å². The summed E-state index contributed by atoms with van der Waals surface area (Å²) in [5.74, 6) is -3.52. The van der Waals surface area contributed by atoms with Crippen molar-refractivity contribution < 1.29 is 23.9 Å². The van der Waals surface area contributed by atoms with E-state index in [0.29, 0.717) is 24.8 Å². The number of rotatable bonds is 4. The van der Waals surface area contributed by atoms with Crippen molar-refractivity contribution >= 4 is 17.7 Å². The maximum Gasteiger partial charge on any atom is 0.312 e. The molecule has 3 amide bonds. The number of nitrogens with zero attached hydrogens (tertiary/aromatic N) is 3. The van der Waals surface area contributed by atoms with E-state index in [4.69, 9.17) is 0 Å². The molecule has 3 N–H and O–H groups in total. The van der Waals surface area contributed by atoms with E-state index in [1.807, 2.05) is 0 Å². The van der Waals surface area contributed by atoms with Gasteiger partial charge < -0.3 is 20.6 Å². The fourth-order valence-corrected chi connectivity index (χ4v) is 3.57. The number of nitrogens with one attached hydrogen (secondary N) is 2. The molecule has 1 aliphatic heterocycles. The third kappa shape index (κ3) is 4.61. The maximum absolute atomic E-state index is 13.1. The predicted octanol–water partition coefficient (Wildman–Crippen LogP) is 0.447. The fourth-order valence-electron chi connectivity index (χ4n) is 3.57. The van der Waals surface area contributed by atoms with Crippen molar-refractivity contribution in [3.63, 3.8) is 0 Å². The number of fused-ring (bicyclic) bond motifs is 1. The number of hydrogen-bond donors (Lipinski definition) is 3. The Hall–Kier alpha value is -3.76. The third-order valence-electron chi connectivity index (χ3n) is 5.37. The number of hydrogen-bond acceptors (Lipinski definition) is 6.